The van der Waals surface area contributed by atoms with E-state index in [4.69, 9.17) is 17.4 Å². The van der Waals surface area contributed by atoms with Crippen molar-refractivity contribution in [2.24, 2.45) is 10.8 Å². The number of benzene rings is 1. The molecule has 1 rings (SSSR count). The van der Waals surface area contributed by atoms with Crippen LogP contribution in [-0.2, 0) is 0 Å². The van der Waals surface area contributed by atoms with Crippen LogP contribution in [0, 0.1) is 6.92 Å². The molecule has 0 fully saturated rings. The van der Waals surface area contributed by atoms with Crippen LogP contribution >= 0.6 is 11.6 Å². The highest BCUT2D eigenvalue weighted by atomic mass is 35.5. The standard InChI is InChI=1S/C10H15ClN4/c1-3-13-10(15-12)14-9-5-4-7(2)6-8(9)11/h4-6H,3,12H2,1-2H3,(H2,13,14,15). The van der Waals surface area contributed by atoms with Crippen LogP contribution in [0.3, 0.4) is 0 Å². The molecule has 1 aromatic rings. The van der Waals surface area contributed by atoms with Gasteiger partial charge < -0.3 is 5.32 Å². The quantitative estimate of drug-likeness (QED) is 0.312. The monoisotopic (exact) mass is 226 g/mol. The Morgan fingerprint density at radius 2 is 2.27 bits per heavy atom. The van der Waals surface area contributed by atoms with E-state index in [0.29, 0.717) is 17.5 Å². The molecule has 0 radical (unpaired) electrons. The summed E-state index contributed by atoms with van der Waals surface area (Å²) in [6.45, 7) is 4.56. The Balaban J connectivity index is 2.84. The summed E-state index contributed by atoms with van der Waals surface area (Å²) in [5, 5.41) is 3.65. The summed E-state index contributed by atoms with van der Waals surface area (Å²) in [7, 11) is 0. The Kier molecular flexibility index (Phi) is 4.39. The van der Waals surface area contributed by atoms with Gasteiger partial charge in [0.2, 0.25) is 5.96 Å². The van der Waals surface area contributed by atoms with Crippen molar-refractivity contribution in [2.75, 3.05) is 11.9 Å². The van der Waals surface area contributed by atoms with Crippen LogP contribution in [0.5, 0.6) is 0 Å². The number of nitrogens with zero attached hydrogens (tertiary/aromatic N) is 1. The van der Waals surface area contributed by atoms with Gasteiger partial charge in [0.15, 0.2) is 0 Å². The number of anilines is 1. The number of nitrogens with one attached hydrogen (secondary N) is 2. The second-order valence-corrected chi connectivity index (χ2v) is 3.48. The molecule has 0 aliphatic heterocycles. The van der Waals surface area contributed by atoms with Crippen LogP contribution in [0.4, 0.5) is 5.69 Å². The van der Waals surface area contributed by atoms with Gasteiger partial charge in [-0.3, -0.25) is 10.4 Å². The molecule has 0 aromatic heterocycles. The molecule has 0 amide bonds. The summed E-state index contributed by atoms with van der Waals surface area (Å²) in [6.07, 6.45) is 0. The molecule has 0 atom stereocenters. The molecule has 4 nitrogen and oxygen atoms in total. The third-order valence-electron chi connectivity index (χ3n) is 1.83. The number of hydrogen-bond acceptors (Lipinski definition) is 2. The molecule has 0 aliphatic rings. The van der Waals surface area contributed by atoms with Crippen LogP contribution in [0.2, 0.25) is 5.02 Å². The molecule has 0 saturated heterocycles. The normalized spacial score (nSPS) is 11.3. The van der Waals surface area contributed by atoms with Crippen LogP contribution in [-0.4, -0.2) is 12.5 Å². The molecule has 5 heteroatoms. The minimum Gasteiger partial charge on any atom is -0.324 e. The molecule has 0 bridgehead atoms. The van der Waals surface area contributed by atoms with E-state index in [9.17, 15) is 0 Å². The van der Waals surface area contributed by atoms with E-state index in [2.05, 4.69) is 15.7 Å². The summed E-state index contributed by atoms with van der Waals surface area (Å²) in [5.41, 5.74) is 4.37. The lowest BCUT2D eigenvalue weighted by Gasteiger charge is -2.10. The lowest BCUT2D eigenvalue weighted by Crippen LogP contribution is -2.36. The Bertz CT molecular complexity index is 362. The minimum absolute atomic E-state index is 0.503. The van der Waals surface area contributed by atoms with Crippen molar-refractivity contribution in [1.82, 2.24) is 5.43 Å². The largest absolute Gasteiger partial charge is 0.324 e. The van der Waals surface area contributed by atoms with Gasteiger partial charge in [0.1, 0.15) is 0 Å². The van der Waals surface area contributed by atoms with Crippen LogP contribution in [0.1, 0.15) is 12.5 Å². The maximum Gasteiger partial charge on any atom is 0.210 e. The van der Waals surface area contributed by atoms with Gasteiger partial charge in [-0.25, -0.2) is 5.84 Å². The highest BCUT2D eigenvalue weighted by molar-refractivity contribution is 6.33. The van der Waals surface area contributed by atoms with Gasteiger partial charge in [-0.05, 0) is 31.5 Å². The maximum atomic E-state index is 6.04. The molecule has 0 heterocycles. The van der Waals surface area contributed by atoms with Crippen molar-refractivity contribution < 1.29 is 0 Å². The number of aryl methyl sites for hydroxylation is 1. The molecule has 0 aliphatic carbocycles. The fourth-order valence-corrected chi connectivity index (χ4v) is 1.41. The molecule has 0 unspecified atom stereocenters. The van der Waals surface area contributed by atoms with Crippen molar-refractivity contribution in [2.45, 2.75) is 13.8 Å². The predicted molar refractivity (Wildman–Crippen MR) is 65.1 cm³/mol. The van der Waals surface area contributed by atoms with E-state index in [1.165, 1.54) is 0 Å². The lowest BCUT2D eigenvalue weighted by molar-refractivity contribution is 0.986. The van der Waals surface area contributed by atoms with E-state index in [0.717, 1.165) is 11.3 Å². The smallest absolute Gasteiger partial charge is 0.210 e. The van der Waals surface area contributed by atoms with E-state index in [-0.39, 0.29) is 0 Å². The van der Waals surface area contributed by atoms with Gasteiger partial charge in [-0.2, -0.15) is 0 Å². The van der Waals surface area contributed by atoms with Crippen LogP contribution in [0.25, 0.3) is 0 Å². The Hall–Kier alpha value is -1.26. The topological polar surface area (TPSA) is 62.4 Å². The zero-order chi connectivity index (χ0) is 11.3. The van der Waals surface area contributed by atoms with E-state index in [1.54, 1.807) is 0 Å². The van der Waals surface area contributed by atoms with Crippen molar-refractivity contribution in [1.29, 1.82) is 0 Å². The molecule has 4 N–H and O–H groups in total. The number of hydrogen-bond donors (Lipinski definition) is 3. The first-order valence-corrected chi connectivity index (χ1v) is 5.09. The second-order valence-electron chi connectivity index (χ2n) is 3.08. The summed E-state index contributed by atoms with van der Waals surface area (Å²) in [5.74, 6) is 5.80. The Morgan fingerprint density at radius 1 is 1.53 bits per heavy atom. The van der Waals surface area contributed by atoms with Crippen LogP contribution in [0.15, 0.2) is 23.2 Å². The lowest BCUT2D eigenvalue weighted by atomic mass is 10.2. The van der Waals surface area contributed by atoms with Crippen molar-refractivity contribution in [3.8, 4) is 0 Å². The molecule has 15 heavy (non-hydrogen) atoms. The summed E-state index contributed by atoms with van der Waals surface area (Å²) < 4.78 is 0. The van der Waals surface area contributed by atoms with Gasteiger partial charge in [0.05, 0.1) is 10.7 Å². The number of aliphatic imine (C=N–C) groups is 1. The predicted octanol–water partition coefficient (Wildman–Crippen LogP) is 1.90. The first kappa shape index (κ1) is 11.8. The minimum atomic E-state index is 0.503. The second kappa shape index (κ2) is 5.58. The number of rotatable bonds is 2. The van der Waals surface area contributed by atoms with Crippen molar-refractivity contribution >= 4 is 23.2 Å². The molecular formula is C10H15ClN4. The van der Waals surface area contributed by atoms with Gasteiger partial charge in [-0.1, -0.05) is 17.7 Å². The van der Waals surface area contributed by atoms with Gasteiger partial charge in [0.25, 0.3) is 0 Å². The molecule has 82 valence electrons. The molecule has 0 saturated carbocycles. The number of nitrogens with two attached hydrogens (primary N) is 1. The van der Waals surface area contributed by atoms with Gasteiger partial charge in [-0.15, -0.1) is 0 Å². The van der Waals surface area contributed by atoms with E-state index >= 15 is 0 Å². The first-order valence-electron chi connectivity index (χ1n) is 4.71. The summed E-state index contributed by atoms with van der Waals surface area (Å²) in [4.78, 5) is 4.11. The SMILES string of the molecule is CCN=C(NN)Nc1ccc(C)cc1Cl. The number of guanidine groups is 1. The number of hydrazine groups is 1. The van der Waals surface area contributed by atoms with Crippen molar-refractivity contribution in [3.63, 3.8) is 0 Å². The summed E-state index contributed by atoms with van der Waals surface area (Å²) >= 11 is 6.04. The third-order valence-corrected chi connectivity index (χ3v) is 2.14. The zero-order valence-electron chi connectivity index (χ0n) is 8.84. The Morgan fingerprint density at radius 3 is 2.80 bits per heavy atom. The number of halogens is 1. The Labute approximate surface area is 94.5 Å². The fraction of sp³-hybridized carbons (Fsp3) is 0.300. The van der Waals surface area contributed by atoms with Crippen LogP contribution < -0.4 is 16.6 Å². The average molecular weight is 227 g/mol. The molecule has 0 spiro atoms. The third kappa shape index (κ3) is 3.42. The molecule has 1 aromatic carbocycles. The average Bonchev–Trinajstić information content (AvgIpc) is 2.21. The molecular weight excluding hydrogens is 212 g/mol. The van der Waals surface area contributed by atoms with E-state index < -0.39 is 0 Å². The zero-order valence-corrected chi connectivity index (χ0v) is 9.60. The highest BCUT2D eigenvalue weighted by Gasteiger charge is 2.02. The highest BCUT2D eigenvalue weighted by Crippen LogP contribution is 2.22. The summed E-state index contributed by atoms with van der Waals surface area (Å²) in [6, 6.07) is 5.73. The fourth-order valence-electron chi connectivity index (χ4n) is 1.13. The van der Waals surface area contributed by atoms with Gasteiger partial charge >= 0.3 is 0 Å². The van der Waals surface area contributed by atoms with E-state index in [1.807, 2.05) is 32.0 Å². The van der Waals surface area contributed by atoms with Gasteiger partial charge in [0, 0.05) is 6.54 Å². The maximum absolute atomic E-state index is 6.04. The van der Waals surface area contributed by atoms with Crippen molar-refractivity contribution in [3.05, 3.63) is 28.8 Å². The first-order chi connectivity index (χ1) is 7.17.